The van der Waals surface area contributed by atoms with Crippen LogP contribution in [-0.2, 0) is 0 Å². The molecule has 0 aromatic rings. The van der Waals surface area contributed by atoms with Crippen molar-refractivity contribution in [1.82, 2.24) is 10.2 Å². The summed E-state index contributed by atoms with van der Waals surface area (Å²) in [6.07, 6.45) is 0. The van der Waals surface area contributed by atoms with Crippen molar-refractivity contribution in [2.45, 2.75) is 6.92 Å². The summed E-state index contributed by atoms with van der Waals surface area (Å²) in [5.41, 5.74) is 11.6. The van der Waals surface area contributed by atoms with E-state index in [9.17, 15) is 0 Å². The van der Waals surface area contributed by atoms with Crippen LogP contribution in [0.2, 0.25) is 0 Å². The number of nitrogens with one attached hydrogen (secondary N) is 2. The third kappa shape index (κ3) is 3.25. The van der Waals surface area contributed by atoms with Crippen LogP contribution in [0.4, 0.5) is 0 Å². The second-order valence-electron chi connectivity index (χ2n) is 2.77. The van der Waals surface area contributed by atoms with Gasteiger partial charge in [-0.2, -0.15) is 0 Å². The van der Waals surface area contributed by atoms with E-state index in [4.69, 9.17) is 16.9 Å². The number of nitrogens with zero attached hydrogens (tertiary/aromatic N) is 1. The molecule has 0 rings (SSSR count). The molecule has 0 amide bonds. The van der Waals surface area contributed by atoms with Gasteiger partial charge in [0.15, 0.2) is 5.96 Å². The van der Waals surface area contributed by atoms with Crippen LogP contribution in [0.1, 0.15) is 6.92 Å². The number of nitrogens with two attached hydrogens (primary N) is 2. The van der Waals surface area contributed by atoms with Gasteiger partial charge in [0.1, 0.15) is 5.82 Å². The molecule has 0 aliphatic carbocycles. The standard InChI is InChI=1S/C7H17N5/c1-5(4-8)6(12(2)3)11-7(9)10/h4,8H2,1-3H3,(H4,9,10,11)/b6-5-. The van der Waals surface area contributed by atoms with Gasteiger partial charge < -0.3 is 21.7 Å². The maximum atomic E-state index is 7.05. The molecule has 0 aromatic carbocycles. The normalized spacial score (nSPS) is 12.0. The fourth-order valence-electron chi connectivity index (χ4n) is 0.824. The number of guanidine groups is 1. The Kier molecular flexibility index (Phi) is 4.14. The third-order valence-electron chi connectivity index (χ3n) is 1.41. The minimum Gasteiger partial charge on any atom is -0.370 e. The highest BCUT2D eigenvalue weighted by molar-refractivity contribution is 5.76. The molecule has 0 aliphatic heterocycles. The topological polar surface area (TPSA) is 91.2 Å². The van der Waals surface area contributed by atoms with Crippen molar-refractivity contribution in [1.29, 1.82) is 5.41 Å². The van der Waals surface area contributed by atoms with Crippen molar-refractivity contribution in [3.8, 4) is 0 Å². The summed E-state index contributed by atoms with van der Waals surface area (Å²) in [5.74, 6) is 0.705. The van der Waals surface area contributed by atoms with E-state index in [0.717, 1.165) is 11.4 Å². The van der Waals surface area contributed by atoms with E-state index in [2.05, 4.69) is 5.32 Å². The van der Waals surface area contributed by atoms with Gasteiger partial charge in [-0.15, -0.1) is 0 Å². The first-order valence-electron chi connectivity index (χ1n) is 3.67. The Labute approximate surface area is 72.9 Å². The molecule has 6 N–H and O–H groups in total. The molecule has 0 unspecified atom stereocenters. The van der Waals surface area contributed by atoms with E-state index >= 15 is 0 Å². The summed E-state index contributed by atoms with van der Waals surface area (Å²) >= 11 is 0. The van der Waals surface area contributed by atoms with Crippen LogP contribution in [-0.4, -0.2) is 31.5 Å². The van der Waals surface area contributed by atoms with E-state index in [-0.39, 0.29) is 5.96 Å². The highest BCUT2D eigenvalue weighted by Gasteiger charge is 2.03. The van der Waals surface area contributed by atoms with Gasteiger partial charge in [0.25, 0.3) is 0 Å². The Morgan fingerprint density at radius 3 is 2.25 bits per heavy atom. The summed E-state index contributed by atoms with van der Waals surface area (Å²) < 4.78 is 0. The second-order valence-corrected chi connectivity index (χ2v) is 2.77. The maximum absolute atomic E-state index is 7.05. The number of hydrogen-bond donors (Lipinski definition) is 4. The zero-order valence-corrected chi connectivity index (χ0v) is 7.81. The summed E-state index contributed by atoms with van der Waals surface area (Å²) in [4.78, 5) is 1.84. The summed E-state index contributed by atoms with van der Waals surface area (Å²) in [7, 11) is 3.73. The maximum Gasteiger partial charge on any atom is 0.191 e. The van der Waals surface area contributed by atoms with E-state index in [1.165, 1.54) is 0 Å². The average Bonchev–Trinajstić information content (AvgIpc) is 1.98. The molecule has 0 aromatic heterocycles. The number of hydrogen-bond acceptors (Lipinski definition) is 3. The van der Waals surface area contributed by atoms with Crippen molar-refractivity contribution in [3.63, 3.8) is 0 Å². The third-order valence-corrected chi connectivity index (χ3v) is 1.41. The Morgan fingerprint density at radius 2 is 2.00 bits per heavy atom. The van der Waals surface area contributed by atoms with Gasteiger partial charge in [0, 0.05) is 20.6 Å². The smallest absolute Gasteiger partial charge is 0.191 e. The summed E-state index contributed by atoms with van der Waals surface area (Å²) in [5, 5.41) is 9.77. The van der Waals surface area contributed by atoms with Gasteiger partial charge >= 0.3 is 0 Å². The van der Waals surface area contributed by atoms with Gasteiger partial charge in [-0.05, 0) is 12.5 Å². The molecule has 5 nitrogen and oxygen atoms in total. The van der Waals surface area contributed by atoms with Crippen LogP contribution in [0.5, 0.6) is 0 Å². The lowest BCUT2D eigenvalue weighted by atomic mass is 10.3. The molecule has 0 atom stereocenters. The minimum atomic E-state index is -0.0773. The van der Waals surface area contributed by atoms with Crippen LogP contribution < -0.4 is 16.8 Å². The molecule has 0 saturated heterocycles. The molecular formula is C7H17N5. The number of rotatable bonds is 3. The molecule has 12 heavy (non-hydrogen) atoms. The fourth-order valence-corrected chi connectivity index (χ4v) is 0.824. The Morgan fingerprint density at radius 1 is 1.50 bits per heavy atom. The van der Waals surface area contributed by atoms with Crippen LogP contribution in [0.25, 0.3) is 0 Å². The fraction of sp³-hybridized carbons (Fsp3) is 0.571. The highest BCUT2D eigenvalue weighted by atomic mass is 15.2. The largest absolute Gasteiger partial charge is 0.370 e. The molecule has 0 aliphatic rings. The minimum absolute atomic E-state index is 0.0773. The molecule has 0 spiro atoms. The quantitative estimate of drug-likeness (QED) is 0.331. The molecule has 0 saturated carbocycles. The van der Waals surface area contributed by atoms with E-state index in [0.29, 0.717) is 6.54 Å². The van der Waals surface area contributed by atoms with Gasteiger partial charge in [-0.1, -0.05) is 0 Å². The van der Waals surface area contributed by atoms with Crippen LogP contribution in [0.3, 0.4) is 0 Å². The summed E-state index contributed by atoms with van der Waals surface area (Å²) in [6.45, 7) is 2.35. The monoisotopic (exact) mass is 171 g/mol. The predicted molar refractivity (Wildman–Crippen MR) is 50.5 cm³/mol. The zero-order chi connectivity index (χ0) is 9.72. The van der Waals surface area contributed by atoms with Gasteiger partial charge in [0.2, 0.25) is 0 Å². The van der Waals surface area contributed by atoms with Gasteiger partial charge in [0.05, 0.1) is 0 Å². The first-order valence-corrected chi connectivity index (χ1v) is 3.67. The molecule has 5 heteroatoms. The van der Waals surface area contributed by atoms with E-state index in [1.54, 1.807) is 0 Å². The van der Waals surface area contributed by atoms with Crippen molar-refractivity contribution in [2.75, 3.05) is 20.6 Å². The van der Waals surface area contributed by atoms with Crippen molar-refractivity contribution < 1.29 is 0 Å². The van der Waals surface area contributed by atoms with Gasteiger partial charge in [-0.25, -0.2) is 0 Å². The molecule has 0 bridgehead atoms. The molecule has 0 radical (unpaired) electrons. The van der Waals surface area contributed by atoms with Crippen LogP contribution in [0.15, 0.2) is 11.4 Å². The van der Waals surface area contributed by atoms with Gasteiger partial charge in [-0.3, -0.25) is 5.41 Å². The van der Waals surface area contributed by atoms with Crippen molar-refractivity contribution >= 4 is 5.96 Å². The van der Waals surface area contributed by atoms with E-state index in [1.807, 2.05) is 25.9 Å². The average molecular weight is 171 g/mol. The molecule has 0 heterocycles. The van der Waals surface area contributed by atoms with Crippen molar-refractivity contribution in [2.24, 2.45) is 11.5 Å². The zero-order valence-electron chi connectivity index (χ0n) is 7.81. The Hall–Kier alpha value is -1.23. The molecule has 70 valence electrons. The second kappa shape index (κ2) is 4.61. The summed E-state index contributed by atoms with van der Waals surface area (Å²) in [6, 6.07) is 0. The molecular weight excluding hydrogens is 154 g/mol. The SMILES string of the molecule is C/C(CN)=C(\NC(=N)N)N(C)C. The first kappa shape index (κ1) is 10.8. The Balaban J connectivity index is 4.54. The predicted octanol–water partition coefficient (Wildman–Crippen LogP) is -0.779. The lowest BCUT2D eigenvalue weighted by Crippen LogP contribution is -2.37. The lowest BCUT2D eigenvalue weighted by molar-refractivity contribution is 0.479. The van der Waals surface area contributed by atoms with Crippen LogP contribution >= 0.6 is 0 Å². The van der Waals surface area contributed by atoms with E-state index < -0.39 is 0 Å². The van der Waals surface area contributed by atoms with Crippen LogP contribution in [0, 0.1) is 5.41 Å². The molecule has 0 fully saturated rings. The Bertz CT molecular complexity index is 194. The van der Waals surface area contributed by atoms with Crippen molar-refractivity contribution in [3.05, 3.63) is 11.4 Å². The lowest BCUT2D eigenvalue weighted by Gasteiger charge is -2.20. The first-order chi connectivity index (χ1) is 5.49. The highest BCUT2D eigenvalue weighted by Crippen LogP contribution is 2.00.